The van der Waals surface area contributed by atoms with Crippen LogP contribution in [0.1, 0.15) is 32.7 Å². The van der Waals surface area contributed by atoms with Gasteiger partial charge in [0.2, 0.25) is 0 Å². The molecule has 0 unspecified atom stereocenters. The number of carbonyl (C=O) groups excluding carboxylic acids is 1. The van der Waals surface area contributed by atoms with Gasteiger partial charge in [-0.05, 0) is 30.2 Å². The molecular weight excluding hydrogens is 387 g/mol. The maximum Gasteiger partial charge on any atom is 0.272 e. The van der Waals surface area contributed by atoms with Gasteiger partial charge in [0.1, 0.15) is 0 Å². The number of aromatic nitrogens is 1. The first-order chi connectivity index (χ1) is 12.8. The van der Waals surface area contributed by atoms with Crippen LogP contribution in [0.5, 0.6) is 0 Å². The van der Waals surface area contributed by atoms with Gasteiger partial charge in [-0.25, -0.2) is 0 Å². The lowest BCUT2D eigenvalue weighted by Crippen LogP contribution is -2.02. The molecule has 0 radical (unpaired) electrons. The van der Waals surface area contributed by atoms with Gasteiger partial charge >= 0.3 is 0 Å². The highest BCUT2D eigenvalue weighted by atomic mass is 35.5. The second kappa shape index (κ2) is 7.86. The Bertz CT molecular complexity index is 993. The zero-order valence-electron chi connectivity index (χ0n) is 14.3. The summed E-state index contributed by atoms with van der Waals surface area (Å²) in [5.41, 5.74) is 3.25. The summed E-state index contributed by atoms with van der Waals surface area (Å²) in [6.07, 6.45) is 1.96. The summed E-state index contributed by atoms with van der Waals surface area (Å²) in [7, 11) is 0. The van der Waals surface area contributed by atoms with E-state index in [1.807, 2.05) is 19.1 Å². The van der Waals surface area contributed by atoms with Gasteiger partial charge in [-0.15, -0.1) is 0 Å². The highest BCUT2D eigenvalue weighted by Crippen LogP contribution is 2.32. The second-order valence-electron chi connectivity index (χ2n) is 6.04. The van der Waals surface area contributed by atoms with Crippen molar-refractivity contribution in [1.82, 2.24) is 4.98 Å². The molecule has 0 saturated carbocycles. The van der Waals surface area contributed by atoms with Gasteiger partial charge in [-0.1, -0.05) is 47.5 Å². The predicted octanol–water partition coefficient (Wildman–Crippen LogP) is 5.43. The van der Waals surface area contributed by atoms with Gasteiger partial charge in [0, 0.05) is 41.6 Å². The van der Waals surface area contributed by atoms with Crippen molar-refractivity contribution in [2.45, 2.75) is 13.3 Å². The topological polar surface area (TPSA) is 73.1 Å². The predicted molar refractivity (Wildman–Crippen MR) is 105 cm³/mol. The van der Waals surface area contributed by atoms with Crippen molar-refractivity contribution < 1.29 is 9.72 Å². The van der Waals surface area contributed by atoms with Gasteiger partial charge in [0.25, 0.3) is 5.69 Å². The van der Waals surface area contributed by atoms with Gasteiger partial charge in [0.05, 0.1) is 15.0 Å². The standard InChI is InChI=1S/C20H14Cl2N2O3/c1-12-2-5-15(11-23-12)20(25)14-6-3-13(4-7-14)8-17-18(21)9-16(24(26)27)10-19(17)22/h2-7,9-11H,8H2,1H3. The molecule has 0 aliphatic heterocycles. The molecule has 0 aliphatic rings. The Hall–Kier alpha value is -2.76. The molecular formula is C20H14Cl2N2O3. The molecule has 1 heterocycles. The van der Waals surface area contributed by atoms with E-state index in [0.717, 1.165) is 11.3 Å². The van der Waals surface area contributed by atoms with E-state index in [4.69, 9.17) is 23.2 Å². The fourth-order valence-corrected chi connectivity index (χ4v) is 3.22. The number of benzene rings is 2. The molecule has 5 nitrogen and oxygen atoms in total. The highest BCUT2D eigenvalue weighted by molar-refractivity contribution is 6.36. The van der Waals surface area contributed by atoms with Crippen molar-refractivity contribution in [1.29, 1.82) is 0 Å². The first-order valence-electron chi connectivity index (χ1n) is 8.04. The van der Waals surface area contributed by atoms with E-state index >= 15 is 0 Å². The number of hydrogen-bond acceptors (Lipinski definition) is 4. The van der Waals surface area contributed by atoms with Crippen molar-refractivity contribution >= 4 is 34.7 Å². The lowest BCUT2D eigenvalue weighted by molar-refractivity contribution is -0.384. The minimum absolute atomic E-state index is 0.111. The first kappa shape index (κ1) is 19.0. The Morgan fingerprint density at radius 1 is 1.04 bits per heavy atom. The number of ketones is 1. The number of carbonyl (C=O) groups is 1. The number of hydrogen-bond donors (Lipinski definition) is 0. The Morgan fingerprint density at radius 2 is 1.63 bits per heavy atom. The molecule has 3 aromatic rings. The average molecular weight is 401 g/mol. The van der Waals surface area contributed by atoms with Crippen LogP contribution in [0.4, 0.5) is 5.69 Å². The third kappa shape index (κ3) is 4.32. The fraction of sp³-hybridized carbons (Fsp3) is 0.100. The number of non-ortho nitro benzene ring substituents is 1. The summed E-state index contributed by atoms with van der Waals surface area (Å²) in [4.78, 5) is 27.0. The van der Waals surface area contributed by atoms with E-state index in [1.54, 1.807) is 30.5 Å². The monoisotopic (exact) mass is 400 g/mol. The van der Waals surface area contributed by atoms with E-state index < -0.39 is 4.92 Å². The van der Waals surface area contributed by atoms with Crippen LogP contribution in [0.15, 0.2) is 54.7 Å². The summed E-state index contributed by atoms with van der Waals surface area (Å²) in [6, 6.07) is 13.2. The largest absolute Gasteiger partial charge is 0.289 e. The maximum absolute atomic E-state index is 12.5. The number of aryl methyl sites for hydroxylation is 1. The molecule has 0 N–H and O–H groups in total. The average Bonchev–Trinajstić information content (AvgIpc) is 2.65. The maximum atomic E-state index is 12.5. The molecule has 136 valence electrons. The van der Waals surface area contributed by atoms with Crippen LogP contribution < -0.4 is 0 Å². The van der Waals surface area contributed by atoms with Crippen LogP contribution in [-0.2, 0) is 6.42 Å². The summed E-state index contributed by atoms with van der Waals surface area (Å²) in [5, 5.41) is 11.3. The van der Waals surface area contributed by atoms with Crippen molar-refractivity contribution in [3.63, 3.8) is 0 Å². The van der Waals surface area contributed by atoms with E-state index in [1.165, 1.54) is 12.1 Å². The van der Waals surface area contributed by atoms with Crippen LogP contribution in [0.25, 0.3) is 0 Å². The molecule has 0 amide bonds. The second-order valence-corrected chi connectivity index (χ2v) is 6.85. The molecule has 0 fully saturated rings. The van der Waals surface area contributed by atoms with Crippen LogP contribution in [0.2, 0.25) is 10.0 Å². The summed E-state index contributed by atoms with van der Waals surface area (Å²) in [6.45, 7) is 1.86. The summed E-state index contributed by atoms with van der Waals surface area (Å²) < 4.78 is 0. The molecule has 1 aromatic heterocycles. The third-order valence-corrected chi connectivity index (χ3v) is 4.78. The van der Waals surface area contributed by atoms with Gasteiger partial charge in [-0.2, -0.15) is 0 Å². The Labute approximate surface area is 165 Å². The third-order valence-electron chi connectivity index (χ3n) is 4.11. The SMILES string of the molecule is Cc1ccc(C(=O)c2ccc(Cc3c(Cl)cc([N+](=O)[O-])cc3Cl)cc2)cn1. The normalized spacial score (nSPS) is 10.6. The van der Waals surface area contributed by atoms with Crippen molar-refractivity contribution in [2.75, 3.05) is 0 Å². The summed E-state index contributed by atoms with van der Waals surface area (Å²) >= 11 is 12.3. The van der Waals surface area contributed by atoms with E-state index in [2.05, 4.69) is 4.98 Å². The van der Waals surface area contributed by atoms with Gasteiger partial charge in [-0.3, -0.25) is 19.9 Å². The molecule has 0 bridgehead atoms. The molecule has 2 aromatic carbocycles. The van der Waals surface area contributed by atoms with Crippen LogP contribution >= 0.6 is 23.2 Å². The Morgan fingerprint density at radius 3 is 2.15 bits per heavy atom. The number of nitro benzene ring substituents is 1. The lowest BCUT2D eigenvalue weighted by Gasteiger charge is -2.08. The zero-order chi connectivity index (χ0) is 19.6. The lowest BCUT2D eigenvalue weighted by atomic mass is 10.00. The van der Waals surface area contributed by atoms with Crippen LogP contribution in [0, 0.1) is 17.0 Å². The van der Waals surface area contributed by atoms with Crippen molar-refractivity contribution in [3.8, 4) is 0 Å². The Kier molecular flexibility index (Phi) is 5.54. The van der Waals surface area contributed by atoms with E-state index in [-0.39, 0.29) is 21.5 Å². The quantitative estimate of drug-likeness (QED) is 0.325. The van der Waals surface area contributed by atoms with Crippen LogP contribution in [-0.4, -0.2) is 15.7 Å². The number of pyridine rings is 1. The van der Waals surface area contributed by atoms with Gasteiger partial charge in [0.15, 0.2) is 5.78 Å². The van der Waals surface area contributed by atoms with E-state index in [0.29, 0.717) is 23.1 Å². The van der Waals surface area contributed by atoms with Crippen molar-refractivity contribution in [2.24, 2.45) is 0 Å². The molecule has 0 aliphatic carbocycles. The smallest absolute Gasteiger partial charge is 0.272 e. The summed E-state index contributed by atoms with van der Waals surface area (Å²) in [5.74, 6) is -0.111. The number of nitro groups is 1. The highest BCUT2D eigenvalue weighted by Gasteiger charge is 2.15. The Balaban J connectivity index is 1.81. The number of nitrogens with zero attached hydrogens (tertiary/aromatic N) is 2. The molecule has 27 heavy (non-hydrogen) atoms. The molecule has 0 atom stereocenters. The number of rotatable bonds is 5. The molecule has 0 saturated heterocycles. The van der Waals surface area contributed by atoms with Crippen molar-refractivity contribution in [3.05, 3.63) is 103 Å². The van der Waals surface area contributed by atoms with Crippen LogP contribution in [0.3, 0.4) is 0 Å². The zero-order valence-corrected chi connectivity index (χ0v) is 15.8. The minimum atomic E-state index is -0.540. The van der Waals surface area contributed by atoms with Gasteiger partial charge < -0.3 is 0 Å². The fourth-order valence-electron chi connectivity index (χ4n) is 2.61. The first-order valence-corrected chi connectivity index (χ1v) is 8.79. The molecule has 7 heteroatoms. The molecule has 0 spiro atoms. The minimum Gasteiger partial charge on any atom is -0.289 e. The molecule has 3 rings (SSSR count). The van der Waals surface area contributed by atoms with E-state index in [9.17, 15) is 14.9 Å². The number of halogens is 2.